The van der Waals surface area contributed by atoms with Crippen LogP contribution in [0.5, 0.6) is 0 Å². The summed E-state index contributed by atoms with van der Waals surface area (Å²) in [6.07, 6.45) is -7.69. The van der Waals surface area contributed by atoms with Crippen LogP contribution >= 0.6 is 11.3 Å². The molecule has 0 radical (unpaired) electrons. The molecule has 2 amide bonds. The van der Waals surface area contributed by atoms with Crippen molar-refractivity contribution in [3.8, 4) is 6.07 Å². The SMILES string of the molecule is CCn1c(=O)/c(=C\Nc2cccc(NC(=O)CN3CCCC3C(F)(F)F)n2)s/c1=C(/C#N)C(=O)NCC(F)(F)F. The molecule has 0 spiro atoms. The number of aromatic nitrogens is 2. The molecule has 3 rings (SSSR count). The highest BCUT2D eigenvalue weighted by Gasteiger charge is 2.46. The van der Waals surface area contributed by atoms with Crippen LogP contribution in [-0.4, -0.2) is 64.3 Å². The molecule has 2 aromatic heterocycles. The van der Waals surface area contributed by atoms with E-state index < -0.39 is 54.4 Å². The van der Waals surface area contributed by atoms with E-state index in [1.807, 2.05) is 0 Å². The van der Waals surface area contributed by atoms with Gasteiger partial charge in [0.05, 0.1) is 6.54 Å². The minimum atomic E-state index is -4.69. The minimum Gasteiger partial charge on any atom is -0.345 e. The Morgan fingerprint density at radius 2 is 1.93 bits per heavy atom. The number of anilines is 2. The minimum absolute atomic E-state index is 0.00307. The van der Waals surface area contributed by atoms with Crippen molar-refractivity contribution in [1.29, 1.82) is 5.26 Å². The number of nitriles is 1. The molecule has 1 aliphatic heterocycles. The molecule has 1 saturated heterocycles. The van der Waals surface area contributed by atoms with Gasteiger partial charge in [0.25, 0.3) is 11.5 Å². The van der Waals surface area contributed by atoms with Gasteiger partial charge in [0.1, 0.15) is 39.5 Å². The highest BCUT2D eigenvalue weighted by Crippen LogP contribution is 2.32. The lowest BCUT2D eigenvalue weighted by atomic mass is 10.2. The number of rotatable bonds is 8. The van der Waals surface area contributed by atoms with E-state index in [1.54, 1.807) is 18.3 Å². The molecule has 3 N–H and O–H groups in total. The second-order valence-electron chi connectivity index (χ2n) is 8.52. The average molecular weight is 592 g/mol. The van der Waals surface area contributed by atoms with E-state index in [0.717, 1.165) is 9.47 Å². The van der Waals surface area contributed by atoms with E-state index in [4.69, 9.17) is 0 Å². The molecule has 1 aliphatic rings. The van der Waals surface area contributed by atoms with Crippen molar-refractivity contribution < 1.29 is 35.9 Å². The fourth-order valence-electron chi connectivity index (χ4n) is 3.93. The summed E-state index contributed by atoms with van der Waals surface area (Å²) in [6.45, 7) is -0.432. The van der Waals surface area contributed by atoms with Gasteiger partial charge < -0.3 is 16.0 Å². The predicted molar refractivity (Wildman–Crippen MR) is 133 cm³/mol. The first-order valence-corrected chi connectivity index (χ1v) is 12.6. The molecule has 10 nitrogen and oxygen atoms in total. The zero-order valence-electron chi connectivity index (χ0n) is 20.8. The maximum absolute atomic E-state index is 13.1. The first kappa shape index (κ1) is 30.6. The van der Waals surface area contributed by atoms with Crippen LogP contribution in [0.4, 0.5) is 38.0 Å². The van der Waals surface area contributed by atoms with Crippen LogP contribution in [0.15, 0.2) is 23.0 Å². The number of alkyl halides is 6. The van der Waals surface area contributed by atoms with E-state index in [1.165, 1.54) is 24.4 Å². The molecule has 0 saturated carbocycles. The predicted octanol–water partition coefficient (Wildman–Crippen LogP) is 1.49. The number of hydrogen-bond donors (Lipinski definition) is 3. The molecule has 1 unspecified atom stereocenters. The summed E-state index contributed by atoms with van der Waals surface area (Å²) in [5.41, 5.74) is -1.29. The Labute approximate surface area is 226 Å². The van der Waals surface area contributed by atoms with Gasteiger partial charge in [0.15, 0.2) is 5.57 Å². The van der Waals surface area contributed by atoms with E-state index in [-0.39, 0.29) is 40.3 Å². The zero-order chi connectivity index (χ0) is 29.7. The maximum Gasteiger partial charge on any atom is 0.405 e. The molecular weight excluding hydrogens is 568 g/mol. The molecule has 2 aromatic rings. The van der Waals surface area contributed by atoms with Crippen molar-refractivity contribution in [1.82, 2.24) is 19.8 Å². The Balaban J connectivity index is 1.79. The number of halogens is 6. The highest BCUT2D eigenvalue weighted by atomic mass is 32.1. The third-order valence-electron chi connectivity index (χ3n) is 5.68. The van der Waals surface area contributed by atoms with Crippen molar-refractivity contribution in [2.24, 2.45) is 0 Å². The molecule has 0 bridgehead atoms. The third-order valence-corrected chi connectivity index (χ3v) is 6.81. The number of carbonyl (C=O) groups is 2. The molecule has 3 heterocycles. The summed E-state index contributed by atoms with van der Waals surface area (Å²) in [7, 11) is 0. The van der Waals surface area contributed by atoms with Crippen molar-refractivity contribution >= 4 is 46.6 Å². The lowest BCUT2D eigenvalue weighted by Crippen LogP contribution is -2.44. The molecule has 1 fully saturated rings. The van der Waals surface area contributed by atoms with Gasteiger partial charge in [-0.25, -0.2) is 4.98 Å². The molecule has 17 heteroatoms. The van der Waals surface area contributed by atoms with Crippen LogP contribution in [0.25, 0.3) is 11.8 Å². The number of carbonyl (C=O) groups excluding carboxylic acids is 2. The number of hydrogen-bond acceptors (Lipinski definition) is 8. The quantitative estimate of drug-likeness (QED) is 0.397. The van der Waals surface area contributed by atoms with Crippen LogP contribution in [0.1, 0.15) is 19.8 Å². The van der Waals surface area contributed by atoms with Gasteiger partial charge in [-0.1, -0.05) is 6.07 Å². The largest absolute Gasteiger partial charge is 0.405 e. The summed E-state index contributed by atoms with van der Waals surface area (Å²) in [5.74, 6) is -1.81. The van der Waals surface area contributed by atoms with Crippen molar-refractivity contribution in [2.75, 3.05) is 30.3 Å². The fraction of sp³-hybridized carbons (Fsp3) is 0.435. The average Bonchev–Trinajstić information content (AvgIpc) is 3.45. The van der Waals surface area contributed by atoms with Gasteiger partial charge in [-0.05, 0) is 38.4 Å². The molecule has 40 heavy (non-hydrogen) atoms. The number of amides is 2. The zero-order valence-corrected chi connectivity index (χ0v) is 21.6. The van der Waals surface area contributed by atoms with E-state index in [0.29, 0.717) is 17.8 Å². The normalized spacial score (nSPS) is 17.4. The number of nitrogens with zero attached hydrogens (tertiary/aromatic N) is 4. The van der Waals surface area contributed by atoms with Gasteiger partial charge >= 0.3 is 12.4 Å². The Morgan fingerprint density at radius 3 is 2.55 bits per heavy atom. The molecule has 1 atom stereocenters. The van der Waals surface area contributed by atoms with Gasteiger partial charge in [0, 0.05) is 12.7 Å². The number of nitrogens with one attached hydrogen (secondary N) is 3. The van der Waals surface area contributed by atoms with Gasteiger partial charge in [0.2, 0.25) is 5.91 Å². The summed E-state index contributed by atoms with van der Waals surface area (Å²) in [4.78, 5) is 42.5. The van der Waals surface area contributed by atoms with E-state index >= 15 is 0 Å². The summed E-state index contributed by atoms with van der Waals surface area (Å²) < 4.78 is 77.7. The highest BCUT2D eigenvalue weighted by molar-refractivity contribution is 7.07. The second-order valence-corrected chi connectivity index (χ2v) is 9.55. The van der Waals surface area contributed by atoms with Crippen LogP contribution in [-0.2, 0) is 16.1 Å². The number of pyridine rings is 1. The smallest absolute Gasteiger partial charge is 0.345 e. The maximum atomic E-state index is 13.1. The molecule has 0 aliphatic carbocycles. The Kier molecular flexibility index (Phi) is 9.58. The summed E-state index contributed by atoms with van der Waals surface area (Å²) in [6, 6.07) is 4.22. The molecule has 0 aromatic carbocycles. The molecular formula is C23H23F6N7O3S. The standard InChI is InChI=1S/C23H23F6N7O3S/c1-2-36-20(39)14(40-21(36)13(9-30)19(38)32-12-22(24,25)26)10-31-16-6-3-7-17(33-16)34-18(37)11-35-8-4-5-15(35)23(27,28)29/h3,6-7,10,15H,2,4-5,8,11-12H2,1H3,(H,32,38)(H2,31,33,34,37)/b14-10+,21-13-. The number of likely N-dealkylation sites (tertiary alicyclic amines) is 1. The number of thiazole rings is 1. The van der Waals surface area contributed by atoms with Crippen LogP contribution in [0.3, 0.4) is 0 Å². The topological polar surface area (TPSA) is 132 Å². The van der Waals surface area contributed by atoms with Crippen molar-refractivity contribution in [2.45, 2.75) is 44.7 Å². The Hall–Kier alpha value is -3.91. The lowest BCUT2D eigenvalue weighted by Gasteiger charge is -2.25. The summed E-state index contributed by atoms with van der Waals surface area (Å²) >= 11 is 0.695. The Bertz CT molecular complexity index is 1480. The van der Waals surface area contributed by atoms with Crippen molar-refractivity contribution in [3.63, 3.8) is 0 Å². The van der Waals surface area contributed by atoms with Gasteiger partial charge in [-0.2, -0.15) is 31.6 Å². The molecule has 216 valence electrons. The van der Waals surface area contributed by atoms with Crippen LogP contribution in [0.2, 0.25) is 0 Å². The van der Waals surface area contributed by atoms with Gasteiger partial charge in [-0.3, -0.25) is 23.9 Å². The Morgan fingerprint density at radius 1 is 1.23 bits per heavy atom. The van der Waals surface area contributed by atoms with Crippen LogP contribution in [0, 0.1) is 11.3 Å². The second kappa shape index (κ2) is 12.5. The monoisotopic (exact) mass is 591 g/mol. The first-order chi connectivity index (χ1) is 18.7. The van der Waals surface area contributed by atoms with E-state index in [2.05, 4.69) is 15.6 Å². The fourth-order valence-corrected chi connectivity index (χ4v) is 5.02. The first-order valence-electron chi connectivity index (χ1n) is 11.8. The lowest BCUT2D eigenvalue weighted by molar-refractivity contribution is -0.176. The third kappa shape index (κ3) is 7.82. The van der Waals surface area contributed by atoms with E-state index in [9.17, 15) is 46.0 Å². The van der Waals surface area contributed by atoms with Gasteiger partial charge in [-0.15, -0.1) is 11.3 Å². The summed E-state index contributed by atoms with van der Waals surface area (Å²) in [5, 5.41) is 16.1. The van der Waals surface area contributed by atoms with Crippen molar-refractivity contribution in [3.05, 3.63) is 37.7 Å². The van der Waals surface area contributed by atoms with Crippen LogP contribution < -0.4 is 30.7 Å².